The second-order valence-corrected chi connectivity index (χ2v) is 6.65. The van der Waals surface area contributed by atoms with Crippen LogP contribution in [0.25, 0.3) is 11.0 Å². The number of rotatable bonds is 5. The number of hydrogen-bond acceptors (Lipinski definition) is 6. The van der Waals surface area contributed by atoms with E-state index in [1.54, 1.807) is 18.5 Å². The van der Waals surface area contributed by atoms with E-state index in [4.69, 9.17) is 15.5 Å². The summed E-state index contributed by atoms with van der Waals surface area (Å²) >= 11 is 0. The maximum atomic E-state index is 12.6. The number of aromatic nitrogens is 4. The lowest BCUT2D eigenvalue weighted by Gasteiger charge is -2.22. The molecule has 0 saturated carbocycles. The van der Waals surface area contributed by atoms with E-state index in [1.807, 2.05) is 28.9 Å². The molecule has 8 nitrogen and oxygen atoms in total. The van der Waals surface area contributed by atoms with Gasteiger partial charge < -0.3 is 15.5 Å². The Morgan fingerprint density at radius 2 is 2.14 bits per heavy atom. The van der Waals surface area contributed by atoms with E-state index in [0.29, 0.717) is 36.5 Å². The molecule has 2 aromatic heterocycles. The third-order valence-electron chi connectivity index (χ3n) is 4.81. The molecule has 4 rings (SSSR count). The largest absolute Gasteiger partial charge is 0.405 e. The number of nitrogens with zero attached hydrogens (tertiary/aromatic N) is 4. The number of fused-ring (bicyclic) bond motifs is 1. The lowest BCUT2D eigenvalue weighted by atomic mass is 10.1. The maximum Gasteiger partial charge on any atom is 0.262 e. The first-order valence-electron chi connectivity index (χ1n) is 9.29. The Bertz CT molecular complexity index is 1080. The molecular weight excluding hydrogens is 356 g/mol. The van der Waals surface area contributed by atoms with Gasteiger partial charge in [0.15, 0.2) is 5.65 Å². The van der Waals surface area contributed by atoms with E-state index >= 15 is 0 Å². The van der Waals surface area contributed by atoms with Crippen LogP contribution in [0.15, 0.2) is 52.5 Å². The van der Waals surface area contributed by atoms with Crippen molar-refractivity contribution in [2.45, 2.75) is 25.3 Å². The van der Waals surface area contributed by atoms with Crippen LogP contribution in [0.2, 0.25) is 0 Å². The highest BCUT2D eigenvalue weighted by Crippen LogP contribution is 2.24. The Hall–Kier alpha value is -3.26. The number of nitrogens with two attached hydrogens (primary N) is 1. The fourth-order valence-electron chi connectivity index (χ4n) is 3.40. The van der Waals surface area contributed by atoms with E-state index < -0.39 is 0 Å². The summed E-state index contributed by atoms with van der Waals surface area (Å²) in [6, 6.07) is 7.95. The molecule has 1 aliphatic heterocycles. The van der Waals surface area contributed by atoms with E-state index in [9.17, 15) is 4.79 Å². The van der Waals surface area contributed by atoms with Gasteiger partial charge in [0, 0.05) is 25.8 Å². The topological polar surface area (TPSA) is 111 Å². The van der Waals surface area contributed by atoms with Crippen molar-refractivity contribution < 1.29 is 4.74 Å². The van der Waals surface area contributed by atoms with E-state index in [-0.39, 0.29) is 11.6 Å². The fraction of sp³-hybridized carbons (Fsp3) is 0.300. The maximum absolute atomic E-state index is 12.6. The number of allylic oxidation sites excluding steroid dienone is 1. The first kappa shape index (κ1) is 18.1. The SMILES string of the molecule is NC=CC=Nc1ccccc1Cc1nc2c(cnn2C2CCOCC2)c(=O)[nH]1. The Kier molecular flexibility index (Phi) is 5.29. The normalized spacial score (nSPS) is 15.9. The minimum Gasteiger partial charge on any atom is -0.405 e. The molecule has 144 valence electrons. The Labute approximate surface area is 161 Å². The Morgan fingerprint density at radius 3 is 2.96 bits per heavy atom. The minimum atomic E-state index is -0.176. The lowest BCUT2D eigenvalue weighted by Crippen LogP contribution is -2.21. The highest BCUT2D eigenvalue weighted by atomic mass is 16.5. The molecule has 0 unspecified atom stereocenters. The van der Waals surface area contributed by atoms with Gasteiger partial charge in [0.05, 0.1) is 17.9 Å². The molecule has 0 aliphatic carbocycles. The molecule has 1 aromatic carbocycles. The molecule has 0 amide bonds. The summed E-state index contributed by atoms with van der Waals surface area (Å²) in [4.78, 5) is 24.6. The van der Waals surface area contributed by atoms with Gasteiger partial charge in [0.25, 0.3) is 5.56 Å². The quantitative estimate of drug-likeness (QED) is 0.662. The van der Waals surface area contributed by atoms with Crippen LogP contribution in [0.1, 0.15) is 30.3 Å². The first-order valence-corrected chi connectivity index (χ1v) is 9.29. The van der Waals surface area contributed by atoms with Gasteiger partial charge in [-0.1, -0.05) is 18.2 Å². The van der Waals surface area contributed by atoms with Crippen molar-refractivity contribution >= 4 is 22.9 Å². The van der Waals surface area contributed by atoms with Crippen molar-refractivity contribution in [3.05, 3.63) is 64.5 Å². The molecule has 3 heterocycles. The Balaban J connectivity index is 1.69. The lowest BCUT2D eigenvalue weighted by molar-refractivity contribution is 0.0673. The highest BCUT2D eigenvalue weighted by Gasteiger charge is 2.20. The second-order valence-electron chi connectivity index (χ2n) is 6.65. The van der Waals surface area contributed by atoms with Crippen LogP contribution in [0.4, 0.5) is 5.69 Å². The van der Waals surface area contributed by atoms with E-state index in [1.165, 1.54) is 6.20 Å². The van der Waals surface area contributed by atoms with Crippen molar-refractivity contribution in [1.29, 1.82) is 0 Å². The first-order chi connectivity index (χ1) is 13.8. The predicted octanol–water partition coefficient (Wildman–Crippen LogP) is 2.24. The van der Waals surface area contributed by atoms with Gasteiger partial charge in [-0.25, -0.2) is 9.67 Å². The number of benzene rings is 1. The highest BCUT2D eigenvalue weighted by molar-refractivity contribution is 5.75. The van der Waals surface area contributed by atoms with Gasteiger partial charge in [-0.15, -0.1) is 0 Å². The van der Waals surface area contributed by atoms with Gasteiger partial charge in [0.1, 0.15) is 11.2 Å². The van der Waals surface area contributed by atoms with Gasteiger partial charge in [-0.3, -0.25) is 9.79 Å². The van der Waals surface area contributed by atoms with Crippen molar-refractivity contribution in [3.63, 3.8) is 0 Å². The smallest absolute Gasteiger partial charge is 0.262 e. The monoisotopic (exact) mass is 378 g/mol. The molecule has 8 heteroatoms. The van der Waals surface area contributed by atoms with Gasteiger partial charge in [0.2, 0.25) is 0 Å². The standard InChI is InChI=1S/C20H22N6O2/c21-8-3-9-22-17-5-2-1-4-14(17)12-18-24-19-16(20(27)25-18)13-23-26(19)15-6-10-28-11-7-15/h1-5,8-9,13,15H,6-7,10-12,21H2,(H,24,25,27). The van der Waals surface area contributed by atoms with Crippen LogP contribution in [0.5, 0.6) is 0 Å². The number of H-pyrrole nitrogens is 1. The molecule has 0 atom stereocenters. The molecule has 3 N–H and O–H groups in total. The van der Waals surface area contributed by atoms with Crippen LogP contribution >= 0.6 is 0 Å². The van der Waals surface area contributed by atoms with Crippen LogP contribution < -0.4 is 11.3 Å². The average Bonchev–Trinajstić information content (AvgIpc) is 3.15. The van der Waals surface area contributed by atoms with Crippen molar-refractivity contribution in [2.24, 2.45) is 10.7 Å². The number of ether oxygens (including phenoxy) is 1. The minimum absolute atomic E-state index is 0.176. The predicted molar refractivity (Wildman–Crippen MR) is 108 cm³/mol. The molecule has 28 heavy (non-hydrogen) atoms. The van der Waals surface area contributed by atoms with Crippen molar-refractivity contribution in [1.82, 2.24) is 19.7 Å². The average molecular weight is 378 g/mol. The summed E-state index contributed by atoms with van der Waals surface area (Å²) in [7, 11) is 0. The van der Waals surface area contributed by atoms with Gasteiger partial charge >= 0.3 is 0 Å². The number of aliphatic imine (C=N–C) groups is 1. The van der Waals surface area contributed by atoms with Crippen LogP contribution in [0.3, 0.4) is 0 Å². The molecule has 3 aromatic rings. The molecule has 1 saturated heterocycles. The summed E-state index contributed by atoms with van der Waals surface area (Å²) in [5, 5.41) is 4.94. The molecular formula is C20H22N6O2. The third kappa shape index (κ3) is 3.72. The zero-order valence-corrected chi connectivity index (χ0v) is 15.4. The molecule has 0 bridgehead atoms. The molecule has 0 spiro atoms. The summed E-state index contributed by atoms with van der Waals surface area (Å²) in [6.45, 7) is 1.40. The van der Waals surface area contributed by atoms with Crippen molar-refractivity contribution in [3.8, 4) is 0 Å². The molecule has 1 aliphatic rings. The Morgan fingerprint density at radius 1 is 1.32 bits per heavy atom. The van der Waals surface area contributed by atoms with Gasteiger partial charge in [-0.05, 0) is 36.7 Å². The van der Waals surface area contributed by atoms with E-state index in [0.717, 1.165) is 24.1 Å². The second kappa shape index (κ2) is 8.18. The van der Waals surface area contributed by atoms with Crippen LogP contribution in [0, 0.1) is 0 Å². The summed E-state index contributed by atoms with van der Waals surface area (Å²) in [5.74, 6) is 0.586. The van der Waals surface area contributed by atoms with Crippen molar-refractivity contribution in [2.75, 3.05) is 13.2 Å². The number of nitrogens with one attached hydrogen (secondary N) is 1. The van der Waals surface area contributed by atoms with Gasteiger partial charge in [-0.2, -0.15) is 5.10 Å². The fourth-order valence-corrected chi connectivity index (χ4v) is 3.40. The van der Waals surface area contributed by atoms with E-state index in [2.05, 4.69) is 15.1 Å². The summed E-state index contributed by atoms with van der Waals surface area (Å²) in [5.41, 5.74) is 7.57. The van der Waals surface area contributed by atoms with Crippen LogP contribution in [-0.4, -0.2) is 39.2 Å². The number of para-hydroxylation sites is 1. The summed E-state index contributed by atoms with van der Waals surface area (Å²) in [6.07, 6.45) is 8.52. The summed E-state index contributed by atoms with van der Waals surface area (Å²) < 4.78 is 7.30. The molecule has 0 radical (unpaired) electrons. The number of hydrogen-bond donors (Lipinski definition) is 2. The third-order valence-corrected chi connectivity index (χ3v) is 4.81. The van der Waals surface area contributed by atoms with Crippen LogP contribution in [-0.2, 0) is 11.2 Å². The molecule has 1 fully saturated rings. The zero-order valence-electron chi connectivity index (χ0n) is 15.4. The number of aromatic amines is 1. The zero-order chi connectivity index (χ0) is 19.3.